The molecule has 0 aromatic heterocycles. The van der Waals surface area contributed by atoms with E-state index in [-0.39, 0.29) is 11.6 Å². The average Bonchev–Trinajstić information content (AvgIpc) is 2.99. The monoisotopic (exact) mass is 340 g/mol. The summed E-state index contributed by atoms with van der Waals surface area (Å²) in [5.74, 6) is -0.0448. The fraction of sp³-hybridized carbons (Fsp3) is 0.381. The zero-order valence-electron chi connectivity index (χ0n) is 14.7. The first-order chi connectivity index (χ1) is 11.7. The Balaban J connectivity index is 2.09. The van der Waals surface area contributed by atoms with Gasteiger partial charge in [0, 0.05) is 0 Å². The number of fused-ring (bicyclic) bond motifs is 3. The van der Waals surface area contributed by atoms with Crippen LogP contribution in [0.5, 0.6) is 0 Å². The molecule has 0 fully saturated rings. The zero-order valence-corrected chi connectivity index (χ0v) is 15.6. The van der Waals surface area contributed by atoms with E-state index < -0.39 is 7.92 Å². The summed E-state index contributed by atoms with van der Waals surface area (Å²) in [5.41, 5.74) is 6.39. The zero-order chi connectivity index (χ0) is 17.1. The molecule has 0 N–H and O–H groups in total. The summed E-state index contributed by atoms with van der Waals surface area (Å²) in [6.07, 6.45) is 3.02. The highest BCUT2D eigenvalue weighted by Gasteiger charge is 2.33. The molecule has 3 heteroatoms. The second-order valence-corrected chi connectivity index (χ2v) is 9.04. The highest BCUT2D eigenvalue weighted by molar-refractivity contribution is 7.58. The molecular formula is C21H25O2P. The van der Waals surface area contributed by atoms with Gasteiger partial charge >= 0.3 is 5.97 Å². The minimum absolute atomic E-state index is 0.0448. The maximum atomic E-state index is 12.8. The predicted molar refractivity (Wildman–Crippen MR) is 102 cm³/mol. The molecule has 3 rings (SSSR count). The number of hydrogen-bond donors (Lipinski definition) is 0. The van der Waals surface area contributed by atoms with E-state index in [1.807, 2.05) is 6.92 Å². The molecule has 1 unspecified atom stereocenters. The first kappa shape index (κ1) is 17.2. The topological polar surface area (TPSA) is 26.3 Å². The highest BCUT2D eigenvalue weighted by atomic mass is 31.1. The third-order valence-electron chi connectivity index (χ3n) is 4.87. The van der Waals surface area contributed by atoms with Crippen molar-refractivity contribution in [3.05, 3.63) is 59.2 Å². The molecule has 126 valence electrons. The Morgan fingerprint density at radius 1 is 1.04 bits per heavy atom. The molecule has 0 bridgehead atoms. The van der Waals surface area contributed by atoms with Crippen molar-refractivity contribution < 1.29 is 9.53 Å². The lowest BCUT2D eigenvalue weighted by atomic mass is 9.99. The molecule has 0 radical (unpaired) electrons. The van der Waals surface area contributed by atoms with Crippen LogP contribution in [0, 0.1) is 0 Å². The summed E-state index contributed by atoms with van der Waals surface area (Å²) >= 11 is 0. The number of hydrogen-bond acceptors (Lipinski definition) is 2. The van der Waals surface area contributed by atoms with Crippen molar-refractivity contribution in [2.24, 2.45) is 0 Å². The molecule has 0 saturated carbocycles. The van der Waals surface area contributed by atoms with Gasteiger partial charge in [-0.25, -0.2) is 0 Å². The van der Waals surface area contributed by atoms with Crippen LogP contribution >= 0.6 is 7.92 Å². The lowest BCUT2D eigenvalue weighted by Crippen LogP contribution is -2.17. The highest BCUT2D eigenvalue weighted by Crippen LogP contribution is 2.54. The second kappa shape index (κ2) is 7.49. The van der Waals surface area contributed by atoms with Gasteiger partial charge in [0.05, 0.1) is 6.61 Å². The third-order valence-corrected chi connectivity index (χ3v) is 7.71. The van der Waals surface area contributed by atoms with E-state index in [1.54, 1.807) is 0 Å². The SMILES string of the molecule is CCOC(=O)C(c1cccc2c1Cc1ccccc1-2)P(CC)CC. The van der Waals surface area contributed by atoms with Crippen LogP contribution in [0.3, 0.4) is 0 Å². The Morgan fingerprint density at radius 2 is 1.75 bits per heavy atom. The summed E-state index contributed by atoms with van der Waals surface area (Å²) in [7, 11) is -0.404. The van der Waals surface area contributed by atoms with Gasteiger partial charge in [-0.3, -0.25) is 4.79 Å². The molecule has 0 spiro atoms. The molecule has 1 aliphatic rings. The van der Waals surface area contributed by atoms with Crippen LogP contribution in [0.4, 0.5) is 0 Å². The van der Waals surface area contributed by atoms with Crippen LogP contribution in [-0.2, 0) is 16.0 Å². The molecule has 2 aromatic carbocycles. The second-order valence-electron chi connectivity index (χ2n) is 6.08. The normalized spacial score (nSPS) is 13.5. The predicted octanol–water partition coefficient (Wildman–Crippen LogP) is 5.38. The smallest absolute Gasteiger partial charge is 0.317 e. The Bertz CT molecular complexity index is 734. The minimum Gasteiger partial charge on any atom is -0.465 e. The molecule has 1 atom stereocenters. The van der Waals surface area contributed by atoms with Gasteiger partial charge in [0.15, 0.2) is 0 Å². The molecule has 0 saturated heterocycles. The summed E-state index contributed by atoms with van der Waals surface area (Å²) < 4.78 is 5.46. The standard InChI is InChI=1S/C21H25O2P/c1-4-23-21(22)20(24(5-2)6-3)18-13-9-12-17-16-11-8-7-10-15(16)14-19(17)18/h7-13,20H,4-6,14H2,1-3H3. The number of carbonyl (C=O) groups excluding carboxylic acids is 1. The van der Waals surface area contributed by atoms with Crippen LogP contribution in [0.1, 0.15) is 43.1 Å². The van der Waals surface area contributed by atoms with Gasteiger partial charge in [-0.15, -0.1) is 0 Å². The molecule has 1 aliphatic carbocycles. The van der Waals surface area contributed by atoms with Gasteiger partial charge in [0.25, 0.3) is 0 Å². The van der Waals surface area contributed by atoms with Crippen LogP contribution in [0.25, 0.3) is 11.1 Å². The first-order valence-corrected chi connectivity index (χ1v) is 10.6. The van der Waals surface area contributed by atoms with Gasteiger partial charge in [0.1, 0.15) is 5.66 Å². The van der Waals surface area contributed by atoms with Crippen molar-refractivity contribution in [1.82, 2.24) is 0 Å². The Kier molecular flexibility index (Phi) is 5.36. The first-order valence-electron chi connectivity index (χ1n) is 8.81. The van der Waals surface area contributed by atoms with Crippen molar-refractivity contribution in [1.29, 1.82) is 0 Å². The number of benzene rings is 2. The van der Waals surface area contributed by atoms with E-state index in [2.05, 4.69) is 56.3 Å². The van der Waals surface area contributed by atoms with Crippen molar-refractivity contribution in [3.8, 4) is 11.1 Å². The van der Waals surface area contributed by atoms with Crippen molar-refractivity contribution in [2.75, 3.05) is 18.9 Å². The molecule has 2 aromatic rings. The third kappa shape index (κ3) is 3.00. The van der Waals surface area contributed by atoms with E-state index in [1.165, 1.54) is 27.8 Å². The van der Waals surface area contributed by atoms with Crippen molar-refractivity contribution >= 4 is 13.9 Å². The molecule has 24 heavy (non-hydrogen) atoms. The lowest BCUT2D eigenvalue weighted by molar-refractivity contribution is -0.142. The molecular weight excluding hydrogens is 315 g/mol. The summed E-state index contributed by atoms with van der Waals surface area (Å²) in [6, 6.07) is 15.0. The molecule has 2 nitrogen and oxygen atoms in total. The summed E-state index contributed by atoms with van der Waals surface area (Å²) in [5, 5.41) is 0. The van der Waals surface area contributed by atoms with Crippen LogP contribution in [0.2, 0.25) is 0 Å². The van der Waals surface area contributed by atoms with Crippen LogP contribution in [-0.4, -0.2) is 24.9 Å². The molecule has 0 amide bonds. The van der Waals surface area contributed by atoms with Gasteiger partial charge in [-0.1, -0.05) is 64.2 Å². The van der Waals surface area contributed by atoms with Crippen molar-refractivity contribution in [2.45, 2.75) is 32.9 Å². The van der Waals surface area contributed by atoms with Gasteiger partial charge in [0.2, 0.25) is 0 Å². The van der Waals surface area contributed by atoms with E-state index in [4.69, 9.17) is 4.74 Å². The maximum absolute atomic E-state index is 12.8. The Labute approximate surface area is 146 Å². The van der Waals surface area contributed by atoms with Gasteiger partial charge < -0.3 is 4.74 Å². The van der Waals surface area contributed by atoms with Crippen molar-refractivity contribution in [3.63, 3.8) is 0 Å². The Hall–Kier alpha value is -1.66. The lowest BCUT2D eigenvalue weighted by Gasteiger charge is -2.26. The fourth-order valence-corrected chi connectivity index (χ4v) is 5.91. The van der Waals surface area contributed by atoms with Crippen LogP contribution < -0.4 is 0 Å². The molecule has 0 heterocycles. The molecule has 0 aliphatic heterocycles. The summed E-state index contributed by atoms with van der Waals surface area (Å²) in [6.45, 7) is 6.72. The number of rotatable bonds is 6. The maximum Gasteiger partial charge on any atom is 0.317 e. The van der Waals surface area contributed by atoms with E-state index in [9.17, 15) is 4.79 Å². The van der Waals surface area contributed by atoms with E-state index in [0.29, 0.717) is 6.61 Å². The van der Waals surface area contributed by atoms with Gasteiger partial charge in [-0.05, 0) is 53.5 Å². The fourth-order valence-electron chi connectivity index (χ4n) is 3.72. The number of ether oxygens (including phenoxy) is 1. The number of esters is 1. The largest absolute Gasteiger partial charge is 0.465 e. The van der Waals surface area contributed by atoms with E-state index in [0.717, 1.165) is 18.7 Å². The summed E-state index contributed by atoms with van der Waals surface area (Å²) in [4.78, 5) is 12.8. The Morgan fingerprint density at radius 3 is 2.46 bits per heavy atom. The average molecular weight is 340 g/mol. The quantitative estimate of drug-likeness (QED) is 0.444. The van der Waals surface area contributed by atoms with E-state index >= 15 is 0 Å². The van der Waals surface area contributed by atoms with Crippen LogP contribution in [0.15, 0.2) is 42.5 Å². The van der Waals surface area contributed by atoms with Gasteiger partial charge in [-0.2, -0.15) is 0 Å². The minimum atomic E-state index is -0.404. The number of carbonyl (C=O) groups is 1.